The average molecular weight is 518 g/mol. The van der Waals surface area contributed by atoms with Crippen LogP contribution in [0.3, 0.4) is 0 Å². The van der Waals surface area contributed by atoms with Gasteiger partial charge in [-0.1, -0.05) is 28.1 Å². The third kappa shape index (κ3) is 3.81. The summed E-state index contributed by atoms with van der Waals surface area (Å²) in [7, 11) is 0. The second-order valence-electron chi connectivity index (χ2n) is 7.95. The van der Waals surface area contributed by atoms with Gasteiger partial charge < -0.3 is 5.32 Å². The number of nitrogens with one attached hydrogen (secondary N) is 2. The number of anilines is 1. The summed E-state index contributed by atoms with van der Waals surface area (Å²) in [6.07, 6.45) is 1.50. The standard InChI is InChI=1S/C24H20BrN7O2/c1-13-5-4-6-19(15(13)3)31-21-18(12-26-31)23(34)29-24(28-21)32-20(11-14(2)30-32)27-22(33)16-7-9-17(25)10-8-16/h4-12H,1-3H3,(H,27,33)(H,28,29,34). The molecule has 5 rings (SSSR count). The van der Waals surface area contributed by atoms with Crippen LogP contribution in [0.15, 0.2) is 64.0 Å². The van der Waals surface area contributed by atoms with Crippen LogP contribution < -0.4 is 10.9 Å². The van der Waals surface area contributed by atoms with Gasteiger partial charge in [-0.25, -0.2) is 4.68 Å². The predicted octanol–water partition coefficient (Wildman–Crippen LogP) is 4.23. The zero-order chi connectivity index (χ0) is 24.0. The van der Waals surface area contributed by atoms with Gasteiger partial charge in [0.2, 0.25) is 5.95 Å². The van der Waals surface area contributed by atoms with Gasteiger partial charge in [0, 0.05) is 16.1 Å². The van der Waals surface area contributed by atoms with E-state index in [0.717, 1.165) is 21.3 Å². The Morgan fingerprint density at radius 2 is 1.82 bits per heavy atom. The molecule has 0 fully saturated rings. The van der Waals surface area contributed by atoms with Crippen molar-refractivity contribution in [1.29, 1.82) is 0 Å². The number of hydrogen-bond donors (Lipinski definition) is 2. The van der Waals surface area contributed by atoms with E-state index in [2.05, 4.69) is 41.4 Å². The van der Waals surface area contributed by atoms with Gasteiger partial charge in [-0.3, -0.25) is 14.6 Å². The fraction of sp³-hybridized carbons (Fsp3) is 0.125. The monoisotopic (exact) mass is 517 g/mol. The molecule has 0 unspecified atom stereocenters. The molecule has 5 aromatic rings. The van der Waals surface area contributed by atoms with Crippen LogP contribution in [0.2, 0.25) is 0 Å². The summed E-state index contributed by atoms with van der Waals surface area (Å²) in [5.41, 5.74) is 4.15. The van der Waals surface area contributed by atoms with E-state index in [1.54, 1.807) is 41.9 Å². The lowest BCUT2D eigenvalue weighted by atomic mass is 10.1. The SMILES string of the molecule is Cc1cc(NC(=O)c2ccc(Br)cc2)n(-c2nc3c(cnn3-c3cccc(C)c3C)c(=O)[nH]2)n1. The molecular formula is C24H20BrN7O2. The Hall–Kier alpha value is -4.05. The molecule has 1 amide bonds. The van der Waals surface area contributed by atoms with E-state index in [1.807, 2.05) is 32.0 Å². The molecule has 0 bridgehead atoms. The summed E-state index contributed by atoms with van der Waals surface area (Å²) in [5.74, 6) is 0.243. The van der Waals surface area contributed by atoms with Crippen LogP contribution in [0.5, 0.6) is 0 Å². The van der Waals surface area contributed by atoms with Gasteiger partial charge >= 0.3 is 0 Å². The van der Waals surface area contributed by atoms with E-state index in [0.29, 0.717) is 28.1 Å². The summed E-state index contributed by atoms with van der Waals surface area (Å²) in [6, 6.07) is 14.6. The van der Waals surface area contributed by atoms with Crippen LogP contribution in [0.1, 0.15) is 27.2 Å². The van der Waals surface area contributed by atoms with Gasteiger partial charge in [0.05, 0.1) is 17.6 Å². The maximum atomic E-state index is 12.9. The van der Waals surface area contributed by atoms with E-state index in [9.17, 15) is 9.59 Å². The highest BCUT2D eigenvalue weighted by Crippen LogP contribution is 2.22. The maximum absolute atomic E-state index is 12.9. The Morgan fingerprint density at radius 1 is 1.06 bits per heavy atom. The minimum atomic E-state index is -0.352. The highest BCUT2D eigenvalue weighted by molar-refractivity contribution is 9.10. The molecule has 10 heteroatoms. The lowest BCUT2D eigenvalue weighted by Gasteiger charge is -2.11. The number of nitrogens with zero attached hydrogens (tertiary/aromatic N) is 5. The molecule has 3 aromatic heterocycles. The number of H-pyrrole nitrogens is 1. The summed E-state index contributed by atoms with van der Waals surface area (Å²) in [4.78, 5) is 33.1. The number of aromatic amines is 1. The number of halogens is 1. The summed E-state index contributed by atoms with van der Waals surface area (Å²) in [5, 5.41) is 12.1. The highest BCUT2D eigenvalue weighted by Gasteiger charge is 2.18. The van der Waals surface area contributed by atoms with Crippen molar-refractivity contribution in [3.8, 4) is 11.6 Å². The first-order chi connectivity index (χ1) is 16.3. The lowest BCUT2D eigenvalue weighted by molar-refractivity contribution is 0.102. The molecule has 0 atom stereocenters. The van der Waals surface area contributed by atoms with E-state index in [-0.39, 0.29) is 17.4 Å². The third-order valence-corrected chi connectivity index (χ3v) is 6.14. The minimum absolute atomic E-state index is 0.170. The van der Waals surface area contributed by atoms with E-state index >= 15 is 0 Å². The van der Waals surface area contributed by atoms with Gasteiger partial charge in [-0.05, 0) is 62.2 Å². The second-order valence-corrected chi connectivity index (χ2v) is 8.86. The molecule has 3 heterocycles. The fourth-order valence-corrected chi connectivity index (χ4v) is 3.95. The number of amides is 1. The van der Waals surface area contributed by atoms with Gasteiger partial charge in [0.15, 0.2) is 5.65 Å². The van der Waals surface area contributed by atoms with Crippen molar-refractivity contribution in [1.82, 2.24) is 29.5 Å². The molecule has 2 aromatic carbocycles. The smallest absolute Gasteiger partial charge is 0.263 e. The normalized spacial score (nSPS) is 11.2. The van der Waals surface area contributed by atoms with Crippen molar-refractivity contribution < 1.29 is 4.79 Å². The lowest BCUT2D eigenvalue weighted by Crippen LogP contribution is -2.19. The summed E-state index contributed by atoms with van der Waals surface area (Å²) in [6.45, 7) is 5.81. The van der Waals surface area contributed by atoms with Crippen LogP contribution >= 0.6 is 15.9 Å². The van der Waals surface area contributed by atoms with Crippen LogP contribution in [-0.2, 0) is 0 Å². The molecule has 170 valence electrons. The molecular weight excluding hydrogens is 498 g/mol. The predicted molar refractivity (Wildman–Crippen MR) is 133 cm³/mol. The quantitative estimate of drug-likeness (QED) is 0.370. The summed E-state index contributed by atoms with van der Waals surface area (Å²) >= 11 is 3.37. The Bertz CT molecular complexity index is 1610. The topological polar surface area (TPSA) is 110 Å². The summed E-state index contributed by atoms with van der Waals surface area (Å²) < 4.78 is 3.93. The van der Waals surface area contributed by atoms with Crippen molar-refractivity contribution in [3.63, 3.8) is 0 Å². The number of carbonyl (C=O) groups excluding carboxylic acids is 1. The first kappa shape index (κ1) is 21.8. The first-order valence-corrected chi connectivity index (χ1v) is 11.3. The number of aryl methyl sites for hydroxylation is 2. The Morgan fingerprint density at radius 3 is 2.59 bits per heavy atom. The largest absolute Gasteiger partial charge is 0.306 e. The Labute approximate surface area is 202 Å². The third-order valence-electron chi connectivity index (χ3n) is 5.61. The van der Waals surface area contributed by atoms with Gasteiger partial charge in [0.1, 0.15) is 11.2 Å². The van der Waals surface area contributed by atoms with Crippen molar-refractivity contribution in [2.24, 2.45) is 0 Å². The number of aromatic nitrogens is 6. The number of hydrogen-bond acceptors (Lipinski definition) is 5. The maximum Gasteiger partial charge on any atom is 0.263 e. The zero-order valence-corrected chi connectivity index (χ0v) is 20.2. The van der Waals surface area contributed by atoms with Crippen LogP contribution in [-0.4, -0.2) is 35.4 Å². The molecule has 0 saturated heterocycles. The van der Waals surface area contributed by atoms with Gasteiger partial charge in [-0.15, -0.1) is 0 Å². The van der Waals surface area contributed by atoms with Gasteiger partial charge in [-0.2, -0.15) is 19.9 Å². The van der Waals surface area contributed by atoms with Crippen molar-refractivity contribution in [2.45, 2.75) is 20.8 Å². The molecule has 0 radical (unpaired) electrons. The molecule has 2 N–H and O–H groups in total. The van der Waals surface area contributed by atoms with E-state index < -0.39 is 0 Å². The number of rotatable bonds is 4. The number of carbonyl (C=O) groups is 1. The average Bonchev–Trinajstić information content (AvgIpc) is 3.39. The molecule has 0 saturated carbocycles. The number of benzene rings is 2. The molecule has 34 heavy (non-hydrogen) atoms. The van der Waals surface area contributed by atoms with Crippen LogP contribution in [0.4, 0.5) is 5.82 Å². The van der Waals surface area contributed by atoms with Crippen molar-refractivity contribution in [2.75, 3.05) is 5.32 Å². The molecule has 0 aliphatic carbocycles. The van der Waals surface area contributed by atoms with Crippen LogP contribution in [0.25, 0.3) is 22.7 Å². The van der Waals surface area contributed by atoms with E-state index in [4.69, 9.17) is 0 Å². The van der Waals surface area contributed by atoms with Crippen molar-refractivity contribution >= 4 is 38.7 Å². The molecule has 9 nitrogen and oxygen atoms in total. The Balaban J connectivity index is 1.60. The molecule has 0 aliphatic rings. The fourth-order valence-electron chi connectivity index (χ4n) is 3.69. The molecule has 0 spiro atoms. The number of fused-ring (bicyclic) bond motifs is 1. The Kier molecular flexibility index (Phi) is 5.37. The second kappa shape index (κ2) is 8.38. The van der Waals surface area contributed by atoms with Gasteiger partial charge in [0.25, 0.3) is 11.5 Å². The van der Waals surface area contributed by atoms with Crippen molar-refractivity contribution in [3.05, 3.63) is 91.9 Å². The minimum Gasteiger partial charge on any atom is -0.306 e. The first-order valence-electron chi connectivity index (χ1n) is 10.5. The van der Waals surface area contributed by atoms with E-state index in [1.165, 1.54) is 10.9 Å². The highest BCUT2D eigenvalue weighted by atomic mass is 79.9. The zero-order valence-electron chi connectivity index (χ0n) is 18.6. The molecule has 0 aliphatic heterocycles. The van der Waals surface area contributed by atoms with Crippen LogP contribution in [0, 0.1) is 20.8 Å².